The average molecular weight is 362 g/mol. The van der Waals surface area contributed by atoms with Crippen LogP contribution >= 0.6 is 0 Å². The van der Waals surface area contributed by atoms with E-state index in [1.165, 1.54) is 6.42 Å². The summed E-state index contributed by atoms with van der Waals surface area (Å²) >= 11 is 0. The molecule has 2 amide bonds. The van der Waals surface area contributed by atoms with E-state index in [4.69, 9.17) is 9.47 Å². The first kappa shape index (κ1) is 20.1. The van der Waals surface area contributed by atoms with E-state index in [0.29, 0.717) is 31.1 Å². The maximum Gasteiger partial charge on any atom is 0.223 e. The Morgan fingerprint density at radius 3 is 2.42 bits per heavy atom. The first-order valence-electron chi connectivity index (χ1n) is 9.29. The maximum atomic E-state index is 12.2. The summed E-state index contributed by atoms with van der Waals surface area (Å²) in [5.41, 5.74) is 0.955. The third-order valence-corrected chi connectivity index (χ3v) is 4.92. The van der Waals surface area contributed by atoms with Crippen LogP contribution in [0.3, 0.4) is 0 Å². The molecule has 1 aromatic rings. The molecule has 2 rings (SSSR count). The average Bonchev–Trinajstić information content (AvgIpc) is 2.67. The van der Waals surface area contributed by atoms with Gasteiger partial charge in [-0.2, -0.15) is 0 Å². The van der Waals surface area contributed by atoms with Crippen molar-refractivity contribution < 1.29 is 19.1 Å². The maximum absolute atomic E-state index is 12.2. The standard InChI is InChI=1S/C20H30N2O4/c1-15(23)22(12-11-21-20(24)17-7-5-4-6-8-17)14-16-9-10-18(25-2)19(13-16)26-3/h9-10,13,17H,4-8,11-12,14H2,1-3H3,(H,21,24). The zero-order valence-electron chi connectivity index (χ0n) is 16.0. The minimum absolute atomic E-state index is 0.0216. The van der Waals surface area contributed by atoms with Gasteiger partial charge < -0.3 is 19.7 Å². The summed E-state index contributed by atoms with van der Waals surface area (Å²) in [6.07, 6.45) is 5.46. The molecule has 0 aromatic heterocycles. The van der Waals surface area contributed by atoms with Gasteiger partial charge >= 0.3 is 0 Å². The highest BCUT2D eigenvalue weighted by atomic mass is 16.5. The predicted octanol–water partition coefficient (Wildman–Crippen LogP) is 2.75. The normalized spacial score (nSPS) is 14.6. The first-order chi connectivity index (χ1) is 12.5. The molecule has 144 valence electrons. The molecule has 1 aliphatic rings. The molecule has 0 spiro atoms. The van der Waals surface area contributed by atoms with Crippen LogP contribution in [0.1, 0.15) is 44.6 Å². The largest absolute Gasteiger partial charge is 0.493 e. The molecule has 1 N–H and O–H groups in total. The minimum Gasteiger partial charge on any atom is -0.493 e. The Bertz CT molecular complexity index is 612. The Kier molecular flexibility index (Phi) is 7.75. The fraction of sp³-hybridized carbons (Fsp3) is 0.600. The highest BCUT2D eigenvalue weighted by Gasteiger charge is 2.21. The monoisotopic (exact) mass is 362 g/mol. The van der Waals surface area contributed by atoms with Crippen LogP contribution in [0.15, 0.2) is 18.2 Å². The van der Waals surface area contributed by atoms with E-state index in [9.17, 15) is 9.59 Å². The molecule has 0 radical (unpaired) electrons. The Labute approximate surface area is 155 Å². The lowest BCUT2D eigenvalue weighted by atomic mass is 9.89. The van der Waals surface area contributed by atoms with Gasteiger partial charge in [-0.3, -0.25) is 9.59 Å². The molecule has 0 heterocycles. The molecular formula is C20H30N2O4. The van der Waals surface area contributed by atoms with Crippen LogP contribution in [0.5, 0.6) is 11.5 Å². The molecule has 1 saturated carbocycles. The molecular weight excluding hydrogens is 332 g/mol. The summed E-state index contributed by atoms with van der Waals surface area (Å²) in [4.78, 5) is 25.9. The van der Waals surface area contributed by atoms with Crippen LogP contribution in [0.4, 0.5) is 0 Å². The zero-order valence-corrected chi connectivity index (χ0v) is 16.0. The van der Waals surface area contributed by atoms with Crippen molar-refractivity contribution in [1.82, 2.24) is 10.2 Å². The Morgan fingerprint density at radius 2 is 1.81 bits per heavy atom. The van der Waals surface area contributed by atoms with Crippen LogP contribution in [0.25, 0.3) is 0 Å². The zero-order chi connectivity index (χ0) is 18.9. The molecule has 0 unspecified atom stereocenters. The van der Waals surface area contributed by atoms with E-state index in [0.717, 1.165) is 31.2 Å². The Morgan fingerprint density at radius 1 is 1.12 bits per heavy atom. The molecule has 6 nitrogen and oxygen atoms in total. The predicted molar refractivity (Wildman–Crippen MR) is 100 cm³/mol. The smallest absolute Gasteiger partial charge is 0.223 e. The van der Waals surface area contributed by atoms with Crippen molar-refractivity contribution in [3.8, 4) is 11.5 Å². The summed E-state index contributed by atoms with van der Waals surface area (Å²) in [7, 11) is 3.18. The van der Waals surface area contributed by atoms with E-state index in [2.05, 4.69) is 5.32 Å². The highest BCUT2D eigenvalue weighted by Crippen LogP contribution is 2.28. The molecule has 0 saturated heterocycles. The van der Waals surface area contributed by atoms with Crippen LogP contribution < -0.4 is 14.8 Å². The van der Waals surface area contributed by atoms with Crippen LogP contribution in [0.2, 0.25) is 0 Å². The van der Waals surface area contributed by atoms with Gasteiger partial charge in [0.25, 0.3) is 0 Å². The van der Waals surface area contributed by atoms with Gasteiger partial charge in [0.05, 0.1) is 14.2 Å². The number of rotatable bonds is 8. The summed E-state index contributed by atoms with van der Waals surface area (Å²) in [5.74, 6) is 1.54. The highest BCUT2D eigenvalue weighted by molar-refractivity contribution is 5.78. The second-order valence-corrected chi connectivity index (χ2v) is 6.76. The van der Waals surface area contributed by atoms with Gasteiger partial charge in [0.15, 0.2) is 11.5 Å². The van der Waals surface area contributed by atoms with Crippen molar-refractivity contribution in [3.63, 3.8) is 0 Å². The molecule has 1 aliphatic carbocycles. The van der Waals surface area contributed by atoms with Gasteiger partial charge in [-0.1, -0.05) is 25.3 Å². The fourth-order valence-corrected chi connectivity index (χ4v) is 3.37. The van der Waals surface area contributed by atoms with Crippen molar-refractivity contribution >= 4 is 11.8 Å². The first-order valence-corrected chi connectivity index (χ1v) is 9.29. The summed E-state index contributed by atoms with van der Waals surface area (Å²) in [6.45, 7) is 2.98. The van der Waals surface area contributed by atoms with Crippen molar-refractivity contribution in [2.45, 2.75) is 45.6 Å². The molecule has 1 aromatic carbocycles. The van der Waals surface area contributed by atoms with Gasteiger partial charge in [0, 0.05) is 32.5 Å². The number of carbonyl (C=O) groups is 2. The number of hydrogen-bond acceptors (Lipinski definition) is 4. The van der Waals surface area contributed by atoms with Gasteiger partial charge in [-0.05, 0) is 30.5 Å². The molecule has 26 heavy (non-hydrogen) atoms. The van der Waals surface area contributed by atoms with E-state index in [1.54, 1.807) is 26.0 Å². The van der Waals surface area contributed by atoms with Gasteiger partial charge in [0.2, 0.25) is 11.8 Å². The van der Waals surface area contributed by atoms with Gasteiger partial charge in [-0.15, -0.1) is 0 Å². The number of nitrogens with one attached hydrogen (secondary N) is 1. The van der Waals surface area contributed by atoms with Crippen LogP contribution in [-0.4, -0.2) is 44.0 Å². The summed E-state index contributed by atoms with van der Waals surface area (Å²) < 4.78 is 10.6. The number of benzene rings is 1. The topological polar surface area (TPSA) is 67.9 Å². The Balaban J connectivity index is 1.88. The van der Waals surface area contributed by atoms with Crippen molar-refractivity contribution in [3.05, 3.63) is 23.8 Å². The SMILES string of the molecule is COc1ccc(CN(CCNC(=O)C2CCCCC2)C(C)=O)cc1OC. The third kappa shape index (κ3) is 5.64. The van der Waals surface area contributed by atoms with Gasteiger partial charge in [-0.25, -0.2) is 0 Å². The fourth-order valence-electron chi connectivity index (χ4n) is 3.37. The molecule has 6 heteroatoms. The second kappa shape index (κ2) is 10.0. The number of methoxy groups -OCH3 is 2. The van der Waals surface area contributed by atoms with Gasteiger partial charge in [0.1, 0.15) is 0 Å². The van der Waals surface area contributed by atoms with Crippen LogP contribution in [-0.2, 0) is 16.1 Å². The number of ether oxygens (including phenoxy) is 2. The van der Waals surface area contributed by atoms with E-state index < -0.39 is 0 Å². The van der Waals surface area contributed by atoms with Crippen LogP contribution in [0, 0.1) is 5.92 Å². The Hall–Kier alpha value is -2.24. The number of carbonyl (C=O) groups excluding carboxylic acids is 2. The minimum atomic E-state index is -0.0216. The van der Waals surface area contributed by atoms with E-state index in [-0.39, 0.29) is 17.7 Å². The molecule has 0 bridgehead atoms. The van der Waals surface area contributed by atoms with E-state index in [1.807, 2.05) is 18.2 Å². The van der Waals surface area contributed by atoms with Crippen molar-refractivity contribution in [1.29, 1.82) is 0 Å². The number of nitrogens with zero attached hydrogens (tertiary/aromatic N) is 1. The summed E-state index contributed by atoms with van der Waals surface area (Å²) in [6, 6.07) is 5.62. The lowest BCUT2D eigenvalue weighted by Crippen LogP contribution is -2.39. The second-order valence-electron chi connectivity index (χ2n) is 6.76. The molecule has 1 fully saturated rings. The molecule has 0 aliphatic heterocycles. The number of hydrogen-bond donors (Lipinski definition) is 1. The summed E-state index contributed by atoms with van der Waals surface area (Å²) in [5, 5.41) is 2.99. The van der Waals surface area contributed by atoms with Crippen molar-refractivity contribution in [2.75, 3.05) is 27.3 Å². The lowest BCUT2D eigenvalue weighted by molar-refractivity contribution is -0.130. The third-order valence-electron chi connectivity index (χ3n) is 4.92. The quantitative estimate of drug-likeness (QED) is 0.772. The lowest BCUT2D eigenvalue weighted by Gasteiger charge is -2.24. The van der Waals surface area contributed by atoms with Crippen molar-refractivity contribution in [2.24, 2.45) is 5.92 Å². The molecule has 0 atom stereocenters. The number of amides is 2. The van der Waals surface area contributed by atoms with E-state index >= 15 is 0 Å².